The Kier molecular flexibility index (Phi) is 5.60. The van der Waals surface area contributed by atoms with Gasteiger partial charge in [0.1, 0.15) is 11.3 Å². The summed E-state index contributed by atoms with van der Waals surface area (Å²) in [6, 6.07) is 17.4. The predicted octanol–water partition coefficient (Wildman–Crippen LogP) is 5.28. The van der Waals surface area contributed by atoms with E-state index in [1.807, 2.05) is 28.0 Å². The third-order valence-corrected chi connectivity index (χ3v) is 7.00. The van der Waals surface area contributed by atoms with Crippen LogP contribution in [0.3, 0.4) is 0 Å². The summed E-state index contributed by atoms with van der Waals surface area (Å²) in [6.07, 6.45) is 3.26. The minimum absolute atomic E-state index is 0.00436. The molecule has 1 aliphatic heterocycles. The lowest BCUT2D eigenvalue weighted by atomic mass is 9.89. The number of likely N-dealkylation sites (tertiary alicyclic amines) is 1. The lowest BCUT2D eigenvalue weighted by molar-refractivity contribution is 0.207. The van der Waals surface area contributed by atoms with Crippen LogP contribution >= 0.6 is 0 Å². The Morgan fingerprint density at radius 1 is 0.875 bits per heavy atom. The molecule has 0 bridgehead atoms. The van der Waals surface area contributed by atoms with E-state index in [2.05, 4.69) is 36.1 Å². The van der Waals surface area contributed by atoms with E-state index in [-0.39, 0.29) is 11.4 Å². The third-order valence-electron chi connectivity index (χ3n) is 7.00. The molecular weight excluding hydrogens is 401 g/mol. The predicted molar refractivity (Wildman–Crippen MR) is 128 cm³/mol. The Morgan fingerprint density at radius 3 is 2.34 bits per heavy atom. The molecule has 166 valence electrons. The number of hydrogen-bond acceptors (Lipinski definition) is 2. The lowest BCUT2D eigenvalue weighted by Gasteiger charge is -2.32. The molecule has 2 aromatic heterocycles. The summed E-state index contributed by atoms with van der Waals surface area (Å²) in [4.78, 5) is 15.7. The van der Waals surface area contributed by atoms with E-state index in [9.17, 15) is 9.18 Å². The standard InChI is InChI=1S/C27H30FN3O/c1-19-4-7-21(8-5-19)22-12-16-29(17-13-22)14-3-15-30-24-11-9-23(28)18-26(24)31-20(2)6-10-25(31)27(30)32/h4-11,18,22H,3,12-17H2,1-2H3. The molecule has 5 heteroatoms. The highest BCUT2D eigenvalue weighted by Gasteiger charge is 2.20. The van der Waals surface area contributed by atoms with Crippen molar-refractivity contribution in [3.8, 4) is 0 Å². The smallest absolute Gasteiger partial charge is 0.275 e. The second kappa shape index (κ2) is 8.55. The fourth-order valence-corrected chi connectivity index (χ4v) is 5.18. The summed E-state index contributed by atoms with van der Waals surface area (Å²) in [5.41, 5.74) is 5.86. The van der Waals surface area contributed by atoms with Crippen molar-refractivity contribution in [2.45, 2.75) is 45.6 Å². The van der Waals surface area contributed by atoms with Crippen molar-refractivity contribution in [3.63, 3.8) is 0 Å². The zero-order valence-corrected chi connectivity index (χ0v) is 18.9. The fourth-order valence-electron chi connectivity index (χ4n) is 5.18. The summed E-state index contributed by atoms with van der Waals surface area (Å²) in [5, 5.41) is 0. The molecular formula is C27H30FN3O. The molecule has 4 aromatic rings. The van der Waals surface area contributed by atoms with Gasteiger partial charge in [0.15, 0.2) is 0 Å². The van der Waals surface area contributed by atoms with Gasteiger partial charge in [0.25, 0.3) is 5.56 Å². The minimum atomic E-state index is -0.284. The van der Waals surface area contributed by atoms with Crippen LogP contribution in [0.25, 0.3) is 16.6 Å². The highest BCUT2D eigenvalue weighted by Crippen LogP contribution is 2.28. The Morgan fingerprint density at radius 2 is 1.59 bits per heavy atom. The molecule has 0 saturated carbocycles. The molecule has 0 N–H and O–H groups in total. The van der Waals surface area contributed by atoms with E-state index in [0.717, 1.165) is 42.8 Å². The summed E-state index contributed by atoms with van der Waals surface area (Å²) in [5.74, 6) is 0.363. The van der Waals surface area contributed by atoms with Gasteiger partial charge < -0.3 is 13.9 Å². The molecule has 0 spiro atoms. The number of benzene rings is 2. The highest BCUT2D eigenvalue weighted by atomic mass is 19.1. The number of rotatable bonds is 5. The molecule has 5 rings (SSSR count). The van der Waals surface area contributed by atoms with E-state index in [4.69, 9.17) is 0 Å². The Bertz CT molecular complexity index is 1310. The SMILES string of the molecule is Cc1ccc(C2CCN(CCCn3c(=O)c4ccc(C)n4c4cc(F)ccc43)CC2)cc1. The molecule has 0 unspecified atom stereocenters. The number of aromatic nitrogens is 2. The number of aryl methyl sites for hydroxylation is 3. The van der Waals surface area contributed by atoms with Crippen LogP contribution < -0.4 is 5.56 Å². The van der Waals surface area contributed by atoms with E-state index < -0.39 is 0 Å². The summed E-state index contributed by atoms with van der Waals surface area (Å²) in [6.45, 7) is 7.88. The number of piperidine rings is 1. The molecule has 0 aliphatic carbocycles. The van der Waals surface area contributed by atoms with Crippen molar-refractivity contribution in [1.82, 2.24) is 13.9 Å². The van der Waals surface area contributed by atoms with E-state index in [0.29, 0.717) is 18.0 Å². The molecule has 1 saturated heterocycles. The zero-order chi connectivity index (χ0) is 22.2. The van der Waals surface area contributed by atoms with Crippen LogP contribution in [0.1, 0.15) is 42.0 Å². The molecule has 4 nitrogen and oxygen atoms in total. The van der Waals surface area contributed by atoms with Gasteiger partial charge in [0, 0.05) is 12.2 Å². The van der Waals surface area contributed by atoms with Crippen LogP contribution in [-0.2, 0) is 6.54 Å². The molecule has 0 atom stereocenters. The first-order chi connectivity index (χ1) is 15.5. The van der Waals surface area contributed by atoms with Crippen molar-refractivity contribution in [1.29, 1.82) is 0 Å². The number of nitrogens with zero attached hydrogens (tertiary/aromatic N) is 3. The molecule has 3 heterocycles. The number of fused-ring (bicyclic) bond motifs is 3. The molecule has 32 heavy (non-hydrogen) atoms. The van der Waals surface area contributed by atoms with Crippen LogP contribution in [0, 0.1) is 19.7 Å². The van der Waals surface area contributed by atoms with Gasteiger partial charge in [0.05, 0.1) is 11.0 Å². The monoisotopic (exact) mass is 431 g/mol. The van der Waals surface area contributed by atoms with Crippen LogP contribution in [0.4, 0.5) is 4.39 Å². The second-order valence-corrected chi connectivity index (χ2v) is 9.17. The van der Waals surface area contributed by atoms with E-state index >= 15 is 0 Å². The Balaban J connectivity index is 1.28. The van der Waals surface area contributed by atoms with Crippen molar-refractivity contribution < 1.29 is 4.39 Å². The molecule has 1 aliphatic rings. The maximum Gasteiger partial charge on any atom is 0.275 e. The van der Waals surface area contributed by atoms with Crippen molar-refractivity contribution in [3.05, 3.63) is 87.6 Å². The summed E-state index contributed by atoms with van der Waals surface area (Å²) >= 11 is 0. The van der Waals surface area contributed by atoms with Gasteiger partial charge in [0.2, 0.25) is 0 Å². The highest BCUT2D eigenvalue weighted by molar-refractivity contribution is 5.79. The molecule has 0 radical (unpaired) electrons. The summed E-state index contributed by atoms with van der Waals surface area (Å²) in [7, 11) is 0. The minimum Gasteiger partial charge on any atom is -0.307 e. The average Bonchev–Trinajstić information content (AvgIpc) is 3.19. The van der Waals surface area contributed by atoms with Crippen molar-refractivity contribution >= 4 is 16.6 Å². The Hall–Kier alpha value is -2.92. The topological polar surface area (TPSA) is 29.7 Å². The molecule has 2 aromatic carbocycles. The largest absolute Gasteiger partial charge is 0.307 e. The van der Waals surface area contributed by atoms with Gasteiger partial charge in [-0.05, 0) is 94.6 Å². The first-order valence-electron chi connectivity index (χ1n) is 11.6. The van der Waals surface area contributed by atoms with Gasteiger partial charge >= 0.3 is 0 Å². The fraction of sp³-hybridized carbons (Fsp3) is 0.370. The Labute approximate surface area is 187 Å². The lowest BCUT2D eigenvalue weighted by Crippen LogP contribution is -2.34. The molecule has 1 fully saturated rings. The number of hydrogen-bond donors (Lipinski definition) is 0. The van der Waals surface area contributed by atoms with E-state index in [1.54, 1.807) is 6.07 Å². The third kappa shape index (κ3) is 3.86. The van der Waals surface area contributed by atoms with E-state index in [1.165, 1.54) is 36.1 Å². The molecule has 0 amide bonds. The number of halogens is 1. The quantitative estimate of drug-likeness (QED) is 0.430. The van der Waals surface area contributed by atoms with Crippen molar-refractivity contribution in [2.24, 2.45) is 0 Å². The van der Waals surface area contributed by atoms with Gasteiger partial charge in [-0.1, -0.05) is 29.8 Å². The maximum atomic E-state index is 14.0. The summed E-state index contributed by atoms with van der Waals surface area (Å²) < 4.78 is 17.7. The van der Waals surface area contributed by atoms with Crippen LogP contribution in [-0.4, -0.2) is 33.5 Å². The van der Waals surface area contributed by atoms with Gasteiger partial charge in [-0.15, -0.1) is 0 Å². The van der Waals surface area contributed by atoms with Crippen LogP contribution in [0.2, 0.25) is 0 Å². The van der Waals surface area contributed by atoms with Gasteiger partial charge in [-0.3, -0.25) is 4.79 Å². The van der Waals surface area contributed by atoms with Crippen molar-refractivity contribution in [2.75, 3.05) is 19.6 Å². The average molecular weight is 432 g/mol. The second-order valence-electron chi connectivity index (χ2n) is 9.17. The first kappa shape index (κ1) is 21.0. The van der Waals surface area contributed by atoms with Crippen LogP contribution in [0.15, 0.2) is 59.4 Å². The first-order valence-corrected chi connectivity index (χ1v) is 11.6. The zero-order valence-electron chi connectivity index (χ0n) is 18.9. The normalized spacial score (nSPS) is 15.7. The van der Waals surface area contributed by atoms with Gasteiger partial charge in [-0.2, -0.15) is 0 Å². The maximum absolute atomic E-state index is 14.0. The van der Waals surface area contributed by atoms with Gasteiger partial charge in [-0.25, -0.2) is 4.39 Å². The van der Waals surface area contributed by atoms with Crippen LogP contribution in [0.5, 0.6) is 0 Å².